The molecule has 0 saturated heterocycles. The second-order valence-electron chi connectivity index (χ2n) is 4.71. The van der Waals surface area contributed by atoms with Crippen LogP contribution in [0.4, 0.5) is 5.69 Å². The Morgan fingerprint density at radius 3 is 2.38 bits per heavy atom. The highest BCUT2D eigenvalue weighted by molar-refractivity contribution is 6.34. The molecule has 0 atom stereocenters. The Bertz CT molecular complexity index is 776. The van der Waals surface area contributed by atoms with Crippen molar-refractivity contribution < 1.29 is 23.8 Å². The van der Waals surface area contributed by atoms with E-state index in [9.17, 15) is 9.59 Å². The van der Waals surface area contributed by atoms with Crippen LogP contribution in [0.15, 0.2) is 36.4 Å². The number of methoxy groups -OCH3 is 3. The number of ether oxygens (including phenoxy) is 3. The van der Waals surface area contributed by atoms with Crippen molar-refractivity contribution in [1.29, 1.82) is 0 Å². The fourth-order valence-corrected chi connectivity index (χ4v) is 2.21. The summed E-state index contributed by atoms with van der Waals surface area (Å²) in [5.74, 6) is -0.0836. The monoisotopic (exact) mass is 349 g/mol. The van der Waals surface area contributed by atoms with Crippen LogP contribution in [0.3, 0.4) is 0 Å². The minimum absolute atomic E-state index is 0.273. The summed E-state index contributed by atoms with van der Waals surface area (Å²) in [5, 5.41) is 2.95. The molecule has 2 rings (SSSR count). The highest BCUT2D eigenvalue weighted by atomic mass is 35.5. The topological polar surface area (TPSA) is 73.9 Å². The van der Waals surface area contributed by atoms with Crippen LogP contribution < -0.4 is 14.8 Å². The molecule has 0 aromatic heterocycles. The second-order valence-corrected chi connectivity index (χ2v) is 5.11. The van der Waals surface area contributed by atoms with Crippen LogP contribution >= 0.6 is 11.6 Å². The van der Waals surface area contributed by atoms with E-state index in [-0.39, 0.29) is 21.8 Å². The zero-order valence-corrected chi connectivity index (χ0v) is 14.1. The van der Waals surface area contributed by atoms with Gasteiger partial charge in [-0.2, -0.15) is 0 Å². The molecule has 6 nitrogen and oxygen atoms in total. The van der Waals surface area contributed by atoms with E-state index >= 15 is 0 Å². The van der Waals surface area contributed by atoms with Gasteiger partial charge in [-0.25, -0.2) is 4.79 Å². The lowest BCUT2D eigenvalue weighted by atomic mass is 10.1. The molecule has 0 bridgehead atoms. The number of rotatable bonds is 5. The SMILES string of the molecule is COC(=O)c1ccc(Cl)c(NC(=O)c2cc(OC)ccc2OC)c1. The molecular weight excluding hydrogens is 334 g/mol. The van der Waals surface area contributed by atoms with Gasteiger partial charge >= 0.3 is 5.97 Å². The number of hydrogen-bond donors (Lipinski definition) is 1. The Hall–Kier alpha value is -2.73. The molecule has 24 heavy (non-hydrogen) atoms. The minimum Gasteiger partial charge on any atom is -0.497 e. The summed E-state index contributed by atoms with van der Waals surface area (Å²) in [6.07, 6.45) is 0. The first kappa shape index (κ1) is 17.6. The molecule has 1 N–H and O–H groups in total. The minimum atomic E-state index is -0.527. The zero-order valence-electron chi connectivity index (χ0n) is 13.4. The molecule has 0 saturated carbocycles. The third kappa shape index (κ3) is 3.78. The van der Waals surface area contributed by atoms with Crippen molar-refractivity contribution in [3.05, 3.63) is 52.5 Å². The molecule has 0 fully saturated rings. The molecule has 0 spiro atoms. The smallest absolute Gasteiger partial charge is 0.337 e. The van der Waals surface area contributed by atoms with Gasteiger partial charge in [-0.15, -0.1) is 0 Å². The quantitative estimate of drug-likeness (QED) is 0.837. The Morgan fingerprint density at radius 2 is 1.75 bits per heavy atom. The maximum atomic E-state index is 12.5. The predicted octanol–water partition coefficient (Wildman–Crippen LogP) is 3.40. The normalized spacial score (nSPS) is 10.0. The van der Waals surface area contributed by atoms with Crippen molar-refractivity contribution in [3.8, 4) is 11.5 Å². The Balaban J connectivity index is 2.34. The van der Waals surface area contributed by atoms with Crippen molar-refractivity contribution in [2.75, 3.05) is 26.6 Å². The zero-order chi connectivity index (χ0) is 17.7. The van der Waals surface area contributed by atoms with Gasteiger partial charge in [0.25, 0.3) is 5.91 Å². The maximum absolute atomic E-state index is 12.5. The molecule has 2 aromatic rings. The summed E-state index contributed by atoms with van der Waals surface area (Å²) >= 11 is 6.09. The summed E-state index contributed by atoms with van der Waals surface area (Å²) in [4.78, 5) is 24.1. The van der Waals surface area contributed by atoms with Gasteiger partial charge in [0.05, 0.1) is 43.2 Å². The molecule has 0 aliphatic heterocycles. The van der Waals surface area contributed by atoms with E-state index in [1.54, 1.807) is 18.2 Å². The van der Waals surface area contributed by atoms with E-state index < -0.39 is 11.9 Å². The van der Waals surface area contributed by atoms with Gasteiger partial charge in [0.15, 0.2) is 0 Å². The van der Waals surface area contributed by atoms with Crippen LogP contribution in [0.2, 0.25) is 5.02 Å². The standard InChI is InChI=1S/C17H16ClNO5/c1-22-11-5-7-15(23-2)12(9-11)16(20)19-14-8-10(17(21)24-3)4-6-13(14)18/h4-9H,1-3H3,(H,19,20). The number of carbonyl (C=O) groups is 2. The number of nitrogens with one attached hydrogen (secondary N) is 1. The molecule has 2 aromatic carbocycles. The van der Waals surface area contributed by atoms with Crippen LogP contribution in [-0.2, 0) is 4.74 Å². The molecule has 126 valence electrons. The van der Waals surface area contributed by atoms with Crippen LogP contribution in [0.25, 0.3) is 0 Å². The summed E-state index contributed by atoms with van der Waals surface area (Å²) in [7, 11) is 4.24. The van der Waals surface area contributed by atoms with Crippen molar-refractivity contribution in [1.82, 2.24) is 0 Å². The van der Waals surface area contributed by atoms with Gasteiger partial charge in [-0.1, -0.05) is 11.6 Å². The molecule has 7 heteroatoms. The lowest BCUT2D eigenvalue weighted by Crippen LogP contribution is -2.14. The van der Waals surface area contributed by atoms with Crippen molar-refractivity contribution in [3.63, 3.8) is 0 Å². The van der Waals surface area contributed by atoms with Crippen LogP contribution in [0.1, 0.15) is 20.7 Å². The lowest BCUT2D eigenvalue weighted by Gasteiger charge is -2.12. The maximum Gasteiger partial charge on any atom is 0.337 e. The Labute approximate surface area is 144 Å². The summed E-state index contributed by atoms with van der Waals surface area (Å²) in [6, 6.07) is 9.31. The molecule has 1 amide bonds. The number of carbonyl (C=O) groups excluding carboxylic acids is 2. The summed E-state index contributed by atoms with van der Waals surface area (Å²) in [5.41, 5.74) is 0.834. The number of halogens is 1. The first-order valence-corrected chi connectivity index (χ1v) is 7.29. The number of esters is 1. The van der Waals surface area contributed by atoms with Gasteiger partial charge in [0.1, 0.15) is 11.5 Å². The van der Waals surface area contributed by atoms with Gasteiger partial charge in [0, 0.05) is 0 Å². The predicted molar refractivity (Wildman–Crippen MR) is 90.3 cm³/mol. The first-order chi connectivity index (χ1) is 11.5. The van der Waals surface area contributed by atoms with E-state index in [2.05, 4.69) is 10.1 Å². The van der Waals surface area contributed by atoms with E-state index in [0.717, 1.165) is 0 Å². The van der Waals surface area contributed by atoms with Gasteiger partial charge in [0.2, 0.25) is 0 Å². The number of benzene rings is 2. The largest absolute Gasteiger partial charge is 0.497 e. The van der Waals surface area contributed by atoms with Gasteiger partial charge in [-0.05, 0) is 36.4 Å². The fourth-order valence-electron chi connectivity index (χ4n) is 2.05. The fraction of sp³-hybridized carbons (Fsp3) is 0.176. The lowest BCUT2D eigenvalue weighted by molar-refractivity contribution is 0.0600. The average Bonchev–Trinajstić information content (AvgIpc) is 2.62. The number of amides is 1. The average molecular weight is 350 g/mol. The van der Waals surface area contributed by atoms with Crippen LogP contribution in [0.5, 0.6) is 11.5 Å². The van der Waals surface area contributed by atoms with Crippen LogP contribution in [0, 0.1) is 0 Å². The van der Waals surface area contributed by atoms with E-state index in [1.165, 1.54) is 39.5 Å². The molecular formula is C17H16ClNO5. The van der Waals surface area contributed by atoms with Crippen molar-refractivity contribution in [2.45, 2.75) is 0 Å². The molecule has 0 aliphatic carbocycles. The van der Waals surface area contributed by atoms with Gasteiger partial charge < -0.3 is 19.5 Å². The Kier molecular flexibility index (Phi) is 5.65. The van der Waals surface area contributed by atoms with Crippen LogP contribution in [-0.4, -0.2) is 33.2 Å². The third-order valence-corrected chi connectivity index (χ3v) is 3.62. The number of hydrogen-bond acceptors (Lipinski definition) is 5. The Morgan fingerprint density at radius 1 is 1.00 bits per heavy atom. The second kappa shape index (κ2) is 7.70. The van der Waals surface area contributed by atoms with E-state index in [1.807, 2.05) is 0 Å². The first-order valence-electron chi connectivity index (χ1n) is 6.91. The number of anilines is 1. The summed E-state index contributed by atoms with van der Waals surface area (Å²) < 4.78 is 15.0. The molecule has 0 aliphatic rings. The molecule has 0 unspecified atom stereocenters. The van der Waals surface area contributed by atoms with E-state index in [0.29, 0.717) is 11.5 Å². The third-order valence-electron chi connectivity index (χ3n) is 3.29. The highest BCUT2D eigenvalue weighted by Crippen LogP contribution is 2.28. The van der Waals surface area contributed by atoms with Crippen molar-refractivity contribution >= 4 is 29.2 Å². The van der Waals surface area contributed by atoms with E-state index in [4.69, 9.17) is 21.1 Å². The summed E-state index contributed by atoms with van der Waals surface area (Å²) in [6.45, 7) is 0. The highest BCUT2D eigenvalue weighted by Gasteiger charge is 2.16. The van der Waals surface area contributed by atoms with Crippen molar-refractivity contribution in [2.24, 2.45) is 0 Å². The van der Waals surface area contributed by atoms with Gasteiger partial charge in [-0.3, -0.25) is 4.79 Å². The molecule has 0 heterocycles. The molecule has 0 radical (unpaired) electrons.